The van der Waals surface area contributed by atoms with Gasteiger partial charge in [0.2, 0.25) is 0 Å². The molecule has 0 heterocycles. The number of benzene rings is 2. The minimum absolute atomic E-state index is 0.258. The molecule has 0 saturated heterocycles. The van der Waals surface area contributed by atoms with Crippen molar-refractivity contribution in [3.63, 3.8) is 0 Å². The predicted octanol–water partition coefficient (Wildman–Crippen LogP) is 4.12. The van der Waals surface area contributed by atoms with E-state index in [1.54, 1.807) is 18.2 Å². The Kier molecular flexibility index (Phi) is 3.45. The fourth-order valence-corrected chi connectivity index (χ4v) is 1.88. The maximum Gasteiger partial charge on any atom is 0.417 e. The Morgan fingerprint density at radius 1 is 0.850 bits per heavy atom. The number of alkyl halides is 3. The fourth-order valence-electron chi connectivity index (χ4n) is 1.88. The van der Waals surface area contributed by atoms with E-state index in [2.05, 4.69) is 0 Å². The number of rotatable bonds is 1. The van der Waals surface area contributed by atoms with Crippen molar-refractivity contribution in [2.75, 3.05) is 0 Å². The molecule has 0 aliphatic rings. The first kappa shape index (κ1) is 13.6. The molecule has 0 bridgehead atoms. The first-order valence-electron chi connectivity index (χ1n) is 5.58. The Labute approximate surface area is 113 Å². The molecule has 5 heteroatoms. The first-order valence-corrected chi connectivity index (χ1v) is 5.58. The van der Waals surface area contributed by atoms with Crippen LogP contribution in [0.25, 0.3) is 11.1 Å². The van der Waals surface area contributed by atoms with Crippen molar-refractivity contribution in [2.24, 2.45) is 0 Å². The summed E-state index contributed by atoms with van der Waals surface area (Å²) in [7, 11) is 0. The van der Waals surface area contributed by atoms with Gasteiger partial charge in [-0.05, 0) is 29.3 Å². The number of nitrogens with zero attached hydrogens (tertiary/aromatic N) is 2. The molecule has 0 atom stereocenters. The van der Waals surface area contributed by atoms with Crippen molar-refractivity contribution in [3.05, 3.63) is 59.2 Å². The zero-order valence-corrected chi connectivity index (χ0v) is 10.1. The molecule has 0 fully saturated rings. The van der Waals surface area contributed by atoms with Crippen LogP contribution in [0.2, 0.25) is 0 Å². The van der Waals surface area contributed by atoms with Crippen molar-refractivity contribution >= 4 is 0 Å². The smallest absolute Gasteiger partial charge is 0.192 e. The van der Waals surface area contributed by atoms with Gasteiger partial charge in [-0.15, -0.1) is 0 Å². The van der Waals surface area contributed by atoms with Gasteiger partial charge < -0.3 is 0 Å². The highest BCUT2D eigenvalue weighted by molar-refractivity contribution is 5.72. The largest absolute Gasteiger partial charge is 0.417 e. The third-order valence-corrected chi connectivity index (χ3v) is 2.80. The Hall–Kier alpha value is -2.79. The van der Waals surface area contributed by atoms with Gasteiger partial charge in [0.15, 0.2) is 0 Å². The summed E-state index contributed by atoms with van der Waals surface area (Å²) in [5.41, 5.74) is -0.482. The van der Waals surface area contributed by atoms with Gasteiger partial charge in [0.25, 0.3) is 0 Å². The Bertz CT molecular complexity index is 734. The average molecular weight is 272 g/mol. The molecule has 0 unspecified atom stereocenters. The molecule has 0 aromatic heterocycles. The van der Waals surface area contributed by atoms with Gasteiger partial charge >= 0.3 is 6.18 Å². The van der Waals surface area contributed by atoms with Crippen molar-refractivity contribution in [2.45, 2.75) is 6.18 Å². The fraction of sp³-hybridized carbons (Fsp3) is 0.0667. The lowest BCUT2D eigenvalue weighted by atomic mass is 9.96. The highest BCUT2D eigenvalue weighted by atomic mass is 19.4. The lowest BCUT2D eigenvalue weighted by molar-refractivity contribution is -0.137. The van der Waals surface area contributed by atoms with E-state index < -0.39 is 17.3 Å². The summed E-state index contributed by atoms with van der Waals surface area (Å²) < 4.78 is 38.7. The second kappa shape index (κ2) is 5.07. The third kappa shape index (κ3) is 2.48. The number of halogens is 3. The first-order chi connectivity index (χ1) is 9.47. The minimum atomic E-state index is -4.61. The molecule has 2 rings (SSSR count). The van der Waals surface area contributed by atoms with E-state index in [0.29, 0.717) is 5.56 Å². The molecule has 2 aromatic rings. The van der Waals surface area contributed by atoms with Crippen LogP contribution in [0, 0.1) is 22.7 Å². The van der Waals surface area contributed by atoms with Gasteiger partial charge in [-0.3, -0.25) is 0 Å². The van der Waals surface area contributed by atoms with E-state index >= 15 is 0 Å². The highest BCUT2D eigenvalue weighted by Gasteiger charge is 2.34. The second-order valence-electron chi connectivity index (χ2n) is 4.03. The molecule has 2 aromatic carbocycles. The highest BCUT2D eigenvalue weighted by Crippen LogP contribution is 2.35. The van der Waals surface area contributed by atoms with Crippen LogP contribution in [0.4, 0.5) is 13.2 Å². The van der Waals surface area contributed by atoms with E-state index in [4.69, 9.17) is 10.5 Å². The molecular weight excluding hydrogens is 265 g/mol. The molecule has 98 valence electrons. The van der Waals surface area contributed by atoms with Crippen molar-refractivity contribution < 1.29 is 13.2 Å². The Morgan fingerprint density at radius 2 is 1.50 bits per heavy atom. The van der Waals surface area contributed by atoms with Crippen LogP contribution in [-0.4, -0.2) is 0 Å². The Morgan fingerprint density at radius 3 is 2.10 bits per heavy atom. The van der Waals surface area contributed by atoms with E-state index in [1.807, 2.05) is 6.07 Å². The van der Waals surface area contributed by atoms with E-state index in [-0.39, 0.29) is 11.1 Å². The zero-order chi connectivity index (χ0) is 14.8. The van der Waals surface area contributed by atoms with E-state index in [1.165, 1.54) is 18.2 Å². The maximum absolute atomic E-state index is 12.9. The molecule has 0 radical (unpaired) electrons. The van der Waals surface area contributed by atoms with Crippen molar-refractivity contribution in [3.8, 4) is 23.3 Å². The van der Waals surface area contributed by atoms with Crippen molar-refractivity contribution in [1.82, 2.24) is 0 Å². The Balaban J connectivity index is 2.67. The summed E-state index contributed by atoms with van der Waals surface area (Å²) in [6.07, 6.45) is -4.61. The molecular formula is C15H7F3N2. The maximum atomic E-state index is 12.9. The summed E-state index contributed by atoms with van der Waals surface area (Å²) in [5, 5.41) is 17.7. The van der Waals surface area contributed by atoms with Crippen LogP contribution in [0.3, 0.4) is 0 Å². The third-order valence-electron chi connectivity index (χ3n) is 2.80. The van der Waals surface area contributed by atoms with Gasteiger partial charge in [0, 0.05) is 0 Å². The quantitative estimate of drug-likeness (QED) is 0.784. The van der Waals surface area contributed by atoms with Crippen LogP contribution in [0.15, 0.2) is 42.5 Å². The molecule has 0 aliphatic heterocycles. The molecule has 0 amide bonds. The van der Waals surface area contributed by atoms with Gasteiger partial charge in [-0.2, -0.15) is 23.7 Å². The summed E-state index contributed by atoms with van der Waals surface area (Å²) in [6, 6.07) is 13.3. The van der Waals surface area contributed by atoms with Crippen molar-refractivity contribution in [1.29, 1.82) is 10.5 Å². The predicted molar refractivity (Wildman–Crippen MR) is 66.3 cm³/mol. The van der Waals surface area contributed by atoms with Gasteiger partial charge in [-0.1, -0.05) is 24.3 Å². The standard InChI is InChI=1S/C15H7F3N2/c16-15(17,18)14-7-10(5-6-12(14)9-20)13-4-2-1-3-11(13)8-19/h1-7H. The van der Waals surface area contributed by atoms with E-state index in [0.717, 1.165) is 12.1 Å². The molecule has 0 aliphatic carbocycles. The summed E-state index contributed by atoms with van der Waals surface area (Å²) >= 11 is 0. The molecule has 20 heavy (non-hydrogen) atoms. The molecule has 0 N–H and O–H groups in total. The number of nitriles is 2. The molecule has 2 nitrogen and oxygen atoms in total. The summed E-state index contributed by atoms with van der Waals surface area (Å²) in [4.78, 5) is 0. The SMILES string of the molecule is N#Cc1ccccc1-c1ccc(C#N)c(C(F)(F)F)c1. The van der Waals surface area contributed by atoms with Crippen LogP contribution in [0.5, 0.6) is 0 Å². The molecule has 0 spiro atoms. The van der Waals surface area contributed by atoms with Crippen LogP contribution in [0.1, 0.15) is 16.7 Å². The zero-order valence-electron chi connectivity index (χ0n) is 10.1. The summed E-state index contributed by atoms with van der Waals surface area (Å²) in [5.74, 6) is 0. The normalized spacial score (nSPS) is 10.7. The summed E-state index contributed by atoms with van der Waals surface area (Å²) in [6.45, 7) is 0. The average Bonchev–Trinajstić information content (AvgIpc) is 2.45. The second-order valence-corrected chi connectivity index (χ2v) is 4.03. The van der Waals surface area contributed by atoms with Gasteiger partial charge in [0.05, 0.1) is 28.8 Å². The van der Waals surface area contributed by atoms with Crippen LogP contribution in [-0.2, 0) is 6.18 Å². The van der Waals surface area contributed by atoms with Gasteiger partial charge in [0.1, 0.15) is 0 Å². The monoisotopic (exact) mass is 272 g/mol. The van der Waals surface area contributed by atoms with Gasteiger partial charge in [-0.25, -0.2) is 0 Å². The van der Waals surface area contributed by atoms with E-state index in [9.17, 15) is 13.2 Å². The topological polar surface area (TPSA) is 47.6 Å². The number of hydrogen-bond acceptors (Lipinski definition) is 2. The molecule has 0 saturated carbocycles. The lowest BCUT2D eigenvalue weighted by Gasteiger charge is -2.11. The van der Waals surface area contributed by atoms with Crippen LogP contribution < -0.4 is 0 Å². The number of hydrogen-bond donors (Lipinski definition) is 0. The van der Waals surface area contributed by atoms with Crippen LogP contribution >= 0.6 is 0 Å². The minimum Gasteiger partial charge on any atom is -0.192 e. The lowest BCUT2D eigenvalue weighted by Crippen LogP contribution is -2.08.